The normalized spacial score (nSPS) is 35.6. The van der Waals surface area contributed by atoms with Crippen LogP contribution in [0.1, 0.15) is 32.1 Å². The topological polar surface area (TPSA) is 58.2 Å². The lowest BCUT2D eigenvalue weighted by atomic mass is 10.0. The number of nitrogens with one attached hydrogen (secondary N) is 2. The van der Waals surface area contributed by atoms with Gasteiger partial charge in [0.1, 0.15) is 0 Å². The molecule has 2 rings (SSSR count). The van der Waals surface area contributed by atoms with Gasteiger partial charge < -0.3 is 10.6 Å². The predicted molar refractivity (Wildman–Crippen MR) is 64.7 cm³/mol. The first-order valence-corrected chi connectivity index (χ1v) is 7.63. The summed E-state index contributed by atoms with van der Waals surface area (Å²) < 4.78 is 11.2. The highest BCUT2D eigenvalue weighted by molar-refractivity contribution is 7.85. The van der Waals surface area contributed by atoms with Crippen molar-refractivity contribution in [3.05, 3.63) is 0 Å². The zero-order valence-electron chi connectivity index (χ0n) is 9.54. The Morgan fingerprint density at radius 2 is 1.94 bits per heavy atom. The molecule has 2 aliphatic rings. The van der Waals surface area contributed by atoms with Crippen molar-refractivity contribution in [1.82, 2.24) is 10.6 Å². The minimum Gasteiger partial charge on any atom is -0.352 e. The van der Waals surface area contributed by atoms with Gasteiger partial charge in [-0.25, -0.2) is 0 Å². The van der Waals surface area contributed by atoms with Gasteiger partial charge in [-0.3, -0.25) is 9.00 Å². The molecule has 0 saturated carbocycles. The molecule has 0 aromatic rings. The molecule has 0 radical (unpaired) electrons. The monoisotopic (exact) mass is 244 g/mol. The molecule has 2 heterocycles. The second-order valence-corrected chi connectivity index (χ2v) is 6.33. The fraction of sp³-hybridized carbons (Fsp3) is 0.909. The average molecular weight is 244 g/mol. The molecule has 5 heteroatoms. The number of rotatable bonds is 2. The molecule has 2 fully saturated rings. The molecule has 92 valence electrons. The molecule has 2 aliphatic heterocycles. The van der Waals surface area contributed by atoms with E-state index < -0.39 is 10.8 Å². The maximum atomic E-state index is 11.9. The Labute approximate surface area is 99.0 Å². The molecule has 0 aromatic carbocycles. The average Bonchev–Trinajstić information content (AvgIpc) is 2.33. The molecule has 1 atom stereocenters. The standard InChI is InChI=1S/C11H20N2O2S/c14-11(10-3-1-2-6-12-10)13-9-4-7-16(15)8-5-9/h9-10,12H,1-8H2,(H,13,14)/t9?,10-,16?/m1/s1. The molecule has 0 bridgehead atoms. The van der Waals surface area contributed by atoms with E-state index in [0.29, 0.717) is 0 Å². The van der Waals surface area contributed by atoms with E-state index in [-0.39, 0.29) is 18.0 Å². The highest BCUT2D eigenvalue weighted by Gasteiger charge is 2.24. The van der Waals surface area contributed by atoms with Crippen LogP contribution in [0.4, 0.5) is 0 Å². The van der Waals surface area contributed by atoms with Crippen LogP contribution in [0.5, 0.6) is 0 Å². The summed E-state index contributed by atoms with van der Waals surface area (Å²) >= 11 is 0. The Hall–Kier alpha value is -0.420. The summed E-state index contributed by atoms with van der Waals surface area (Å²) in [7, 11) is -0.647. The van der Waals surface area contributed by atoms with Crippen molar-refractivity contribution in [3.63, 3.8) is 0 Å². The maximum Gasteiger partial charge on any atom is 0.237 e. The third-order valence-corrected chi connectivity index (χ3v) is 4.74. The number of amides is 1. The SMILES string of the molecule is O=C(NC1CCS(=O)CC1)[C@H]1CCCCN1. The molecule has 0 aliphatic carbocycles. The van der Waals surface area contributed by atoms with E-state index in [1.54, 1.807) is 0 Å². The summed E-state index contributed by atoms with van der Waals surface area (Å²) in [5, 5.41) is 6.32. The van der Waals surface area contributed by atoms with Gasteiger partial charge in [-0.05, 0) is 32.2 Å². The van der Waals surface area contributed by atoms with Crippen molar-refractivity contribution in [2.75, 3.05) is 18.1 Å². The first-order chi connectivity index (χ1) is 7.75. The molecule has 1 amide bonds. The van der Waals surface area contributed by atoms with Crippen LogP contribution in [0.2, 0.25) is 0 Å². The Balaban J connectivity index is 1.75. The lowest BCUT2D eigenvalue weighted by Gasteiger charge is -2.27. The second kappa shape index (κ2) is 5.77. The number of hydrogen-bond donors (Lipinski definition) is 2. The van der Waals surface area contributed by atoms with E-state index in [1.807, 2.05) is 0 Å². The maximum absolute atomic E-state index is 11.9. The predicted octanol–water partition coefficient (Wildman–Crippen LogP) is 0.156. The fourth-order valence-electron chi connectivity index (χ4n) is 2.32. The largest absolute Gasteiger partial charge is 0.352 e. The molecule has 2 N–H and O–H groups in total. The van der Waals surface area contributed by atoms with Crippen molar-refractivity contribution in [2.45, 2.75) is 44.2 Å². The number of hydrogen-bond acceptors (Lipinski definition) is 3. The molecule has 4 nitrogen and oxygen atoms in total. The summed E-state index contributed by atoms with van der Waals surface area (Å²) in [6.45, 7) is 0.951. The van der Waals surface area contributed by atoms with Crippen molar-refractivity contribution < 1.29 is 9.00 Å². The van der Waals surface area contributed by atoms with Crippen molar-refractivity contribution >= 4 is 16.7 Å². The van der Waals surface area contributed by atoms with Crippen LogP contribution in [0.3, 0.4) is 0 Å². The van der Waals surface area contributed by atoms with E-state index in [1.165, 1.54) is 6.42 Å². The van der Waals surface area contributed by atoms with Gasteiger partial charge in [0.2, 0.25) is 5.91 Å². The first kappa shape index (κ1) is 12.0. The van der Waals surface area contributed by atoms with Crippen molar-refractivity contribution in [2.24, 2.45) is 0 Å². The van der Waals surface area contributed by atoms with Crippen molar-refractivity contribution in [3.8, 4) is 0 Å². The summed E-state index contributed by atoms with van der Waals surface area (Å²) in [5.74, 6) is 1.61. The fourth-order valence-corrected chi connectivity index (χ4v) is 3.61. The van der Waals surface area contributed by atoms with Gasteiger partial charge in [-0.1, -0.05) is 6.42 Å². The van der Waals surface area contributed by atoms with Crippen LogP contribution in [0, 0.1) is 0 Å². The van der Waals surface area contributed by atoms with Gasteiger partial charge in [0, 0.05) is 28.3 Å². The van der Waals surface area contributed by atoms with E-state index in [2.05, 4.69) is 10.6 Å². The lowest BCUT2D eigenvalue weighted by Crippen LogP contribution is -2.50. The van der Waals surface area contributed by atoms with E-state index >= 15 is 0 Å². The zero-order chi connectivity index (χ0) is 11.4. The molecule has 0 spiro atoms. The summed E-state index contributed by atoms with van der Waals surface area (Å²) in [4.78, 5) is 11.9. The minimum atomic E-state index is -0.647. The number of piperidine rings is 1. The van der Waals surface area contributed by atoms with Crippen molar-refractivity contribution in [1.29, 1.82) is 0 Å². The Kier molecular flexibility index (Phi) is 4.35. The summed E-state index contributed by atoms with van der Waals surface area (Å²) in [6.07, 6.45) is 4.99. The smallest absolute Gasteiger partial charge is 0.237 e. The Morgan fingerprint density at radius 3 is 2.56 bits per heavy atom. The van der Waals surface area contributed by atoms with Crippen LogP contribution in [0.15, 0.2) is 0 Å². The highest BCUT2D eigenvalue weighted by atomic mass is 32.2. The van der Waals surface area contributed by atoms with Crippen LogP contribution in [-0.4, -0.2) is 40.3 Å². The molecule has 2 saturated heterocycles. The van der Waals surface area contributed by atoms with Gasteiger partial charge in [0.05, 0.1) is 6.04 Å². The third kappa shape index (κ3) is 3.28. The molecule has 0 unspecified atom stereocenters. The first-order valence-electron chi connectivity index (χ1n) is 6.14. The van der Waals surface area contributed by atoms with E-state index in [4.69, 9.17) is 0 Å². The molecular weight excluding hydrogens is 224 g/mol. The summed E-state index contributed by atoms with van der Waals surface area (Å²) in [5.41, 5.74) is 0. The Bertz CT molecular complexity index is 267. The lowest BCUT2D eigenvalue weighted by molar-refractivity contribution is -0.124. The number of carbonyl (C=O) groups excluding carboxylic acids is 1. The van der Waals surface area contributed by atoms with Gasteiger partial charge in [-0.15, -0.1) is 0 Å². The molecular formula is C11H20N2O2S. The summed E-state index contributed by atoms with van der Waals surface area (Å²) in [6, 6.07) is 0.245. The minimum absolute atomic E-state index is 0.00109. The quantitative estimate of drug-likeness (QED) is 0.727. The molecule has 16 heavy (non-hydrogen) atoms. The van der Waals surface area contributed by atoms with Gasteiger partial charge >= 0.3 is 0 Å². The van der Waals surface area contributed by atoms with Crippen LogP contribution in [0.25, 0.3) is 0 Å². The van der Waals surface area contributed by atoms with Gasteiger partial charge in [-0.2, -0.15) is 0 Å². The number of carbonyl (C=O) groups is 1. The van der Waals surface area contributed by atoms with Gasteiger partial charge in [0.25, 0.3) is 0 Å². The zero-order valence-corrected chi connectivity index (χ0v) is 10.4. The molecule has 0 aromatic heterocycles. The Morgan fingerprint density at radius 1 is 1.19 bits per heavy atom. The van der Waals surface area contributed by atoms with E-state index in [0.717, 1.165) is 43.7 Å². The third-order valence-electron chi connectivity index (χ3n) is 3.36. The van der Waals surface area contributed by atoms with E-state index in [9.17, 15) is 9.00 Å². The second-order valence-electron chi connectivity index (χ2n) is 4.63. The highest BCUT2D eigenvalue weighted by Crippen LogP contribution is 2.11. The van der Waals surface area contributed by atoms with Crippen LogP contribution < -0.4 is 10.6 Å². The van der Waals surface area contributed by atoms with Gasteiger partial charge in [0.15, 0.2) is 0 Å². The van der Waals surface area contributed by atoms with Crippen LogP contribution >= 0.6 is 0 Å². The van der Waals surface area contributed by atoms with Crippen LogP contribution in [-0.2, 0) is 15.6 Å².